The van der Waals surface area contributed by atoms with Crippen molar-refractivity contribution >= 4 is 27.5 Å². The summed E-state index contributed by atoms with van der Waals surface area (Å²) in [5, 5.41) is 3.51. The van der Waals surface area contributed by atoms with Crippen molar-refractivity contribution in [1.29, 1.82) is 0 Å². The van der Waals surface area contributed by atoms with Crippen LogP contribution in [0.25, 0.3) is 5.95 Å². The molecule has 0 radical (unpaired) electrons. The topological polar surface area (TPSA) is 103 Å². The number of nitrogens with one attached hydrogen (secondary N) is 1. The Kier molecular flexibility index (Phi) is 5.12. The first-order valence-corrected chi connectivity index (χ1v) is 9.31. The van der Waals surface area contributed by atoms with Gasteiger partial charge in [0.1, 0.15) is 16.2 Å². The fraction of sp³-hybridized carbons (Fsp3) is 0.455. The van der Waals surface area contributed by atoms with Gasteiger partial charge in [-0.3, -0.25) is 4.57 Å². The zero-order valence-electron chi connectivity index (χ0n) is 11.7. The summed E-state index contributed by atoms with van der Waals surface area (Å²) >= 11 is 1.28. The van der Waals surface area contributed by atoms with Crippen LogP contribution in [-0.4, -0.2) is 57.2 Å². The van der Waals surface area contributed by atoms with E-state index >= 15 is 0 Å². The Hall–Kier alpha value is -1.68. The van der Waals surface area contributed by atoms with E-state index in [1.54, 1.807) is 23.3 Å². The first-order valence-electron chi connectivity index (χ1n) is 6.27. The SMILES string of the molecule is CCNc1nc(SCCS(C)(=O)=O)nc(-n2ccnc2)n1. The van der Waals surface area contributed by atoms with Crippen LogP contribution in [0.4, 0.5) is 5.95 Å². The molecule has 114 valence electrons. The van der Waals surface area contributed by atoms with Crippen molar-refractivity contribution < 1.29 is 8.42 Å². The lowest BCUT2D eigenvalue weighted by Gasteiger charge is -2.07. The van der Waals surface area contributed by atoms with Crippen LogP contribution < -0.4 is 5.32 Å². The maximum atomic E-state index is 11.2. The number of aromatic nitrogens is 5. The molecule has 0 aliphatic carbocycles. The molecular formula is C11H16N6O2S2. The van der Waals surface area contributed by atoms with Gasteiger partial charge in [-0.2, -0.15) is 15.0 Å². The number of sulfone groups is 1. The van der Waals surface area contributed by atoms with E-state index < -0.39 is 9.84 Å². The van der Waals surface area contributed by atoms with Crippen molar-refractivity contribution in [2.75, 3.05) is 29.6 Å². The molecule has 1 N–H and O–H groups in total. The normalized spacial score (nSPS) is 11.5. The summed E-state index contributed by atoms with van der Waals surface area (Å²) in [6.45, 7) is 2.62. The molecule has 2 heterocycles. The molecule has 8 nitrogen and oxygen atoms in total. The third kappa shape index (κ3) is 4.97. The van der Waals surface area contributed by atoms with Gasteiger partial charge in [0.2, 0.25) is 11.9 Å². The smallest absolute Gasteiger partial charge is 0.240 e. The average molecular weight is 328 g/mol. The number of hydrogen-bond acceptors (Lipinski definition) is 8. The fourth-order valence-electron chi connectivity index (χ4n) is 1.42. The molecule has 2 aromatic heterocycles. The van der Waals surface area contributed by atoms with Gasteiger partial charge >= 0.3 is 0 Å². The summed E-state index contributed by atoms with van der Waals surface area (Å²) in [6, 6.07) is 0. The first-order chi connectivity index (χ1) is 9.98. The van der Waals surface area contributed by atoms with E-state index in [9.17, 15) is 8.42 Å². The molecule has 0 saturated carbocycles. The van der Waals surface area contributed by atoms with Gasteiger partial charge in [-0.15, -0.1) is 0 Å². The summed E-state index contributed by atoms with van der Waals surface area (Å²) in [7, 11) is -2.99. The summed E-state index contributed by atoms with van der Waals surface area (Å²) in [6.07, 6.45) is 6.17. The molecular weight excluding hydrogens is 312 g/mol. The first kappa shape index (κ1) is 15.7. The van der Waals surface area contributed by atoms with Gasteiger partial charge in [0, 0.05) is 30.9 Å². The molecule has 2 rings (SSSR count). The van der Waals surface area contributed by atoms with Gasteiger partial charge in [-0.25, -0.2) is 13.4 Å². The van der Waals surface area contributed by atoms with Gasteiger partial charge in [0.15, 0.2) is 5.16 Å². The highest BCUT2D eigenvalue weighted by molar-refractivity contribution is 8.00. The molecule has 0 unspecified atom stereocenters. The predicted octanol–water partition coefficient (Wildman–Crippen LogP) is 0.626. The Bertz CT molecular complexity index is 687. The summed E-state index contributed by atoms with van der Waals surface area (Å²) in [5.74, 6) is 1.39. The van der Waals surface area contributed by atoms with Crippen LogP contribution in [-0.2, 0) is 9.84 Å². The molecule has 0 aliphatic heterocycles. The lowest BCUT2D eigenvalue weighted by Crippen LogP contribution is -2.10. The largest absolute Gasteiger partial charge is 0.354 e. The number of rotatable bonds is 7. The second kappa shape index (κ2) is 6.85. The van der Waals surface area contributed by atoms with Crippen molar-refractivity contribution in [3.8, 4) is 5.95 Å². The van der Waals surface area contributed by atoms with Crippen molar-refractivity contribution in [1.82, 2.24) is 24.5 Å². The third-order valence-corrected chi connectivity index (χ3v) is 4.41. The van der Waals surface area contributed by atoms with E-state index in [0.29, 0.717) is 29.4 Å². The Morgan fingerprint density at radius 3 is 2.76 bits per heavy atom. The molecule has 0 aromatic carbocycles. The number of anilines is 1. The third-order valence-electron chi connectivity index (χ3n) is 2.36. The summed E-state index contributed by atoms with van der Waals surface area (Å²) < 4.78 is 24.0. The van der Waals surface area contributed by atoms with Crippen molar-refractivity contribution in [2.45, 2.75) is 12.1 Å². The Morgan fingerprint density at radius 2 is 2.14 bits per heavy atom. The van der Waals surface area contributed by atoms with Crippen LogP contribution in [0.1, 0.15) is 6.92 Å². The number of hydrogen-bond donors (Lipinski definition) is 1. The van der Waals surface area contributed by atoms with E-state index in [2.05, 4.69) is 25.3 Å². The highest BCUT2D eigenvalue weighted by Crippen LogP contribution is 2.16. The zero-order valence-corrected chi connectivity index (χ0v) is 13.4. The fourth-order valence-corrected chi connectivity index (χ4v) is 3.45. The number of thioether (sulfide) groups is 1. The molecule has 10 heteroatoms. The van der Waals surface area contributed by atoms with Crippen LogP contribution in [0, 0.1) is 0 Å². The Balaban J connectivity index is 2.19. The predicted molar refractivity (Wildman–Crippen MR) is 81.5 cm³/mol. The molecule has 0 atom stereocenters. The molecule has 21 heavy (non-hydrogen) atoms. The van der Waals surface area contributed by atoms with Gasteiger partial charge in [-0.05, 0) is 6.92 Å². The van der Waals surface area contributed by atoms with Gasteiger partial charge in [-0.1, -0.05) is 11.8 Å². The van der Waals surface area contributed by atoms with Crippen LogP contribution >= 0.6 is 11.8 Å². The molecule has 0 spiro atoms. The highest BCUT2D eigenvalue weighted by Gasteiger charge is 2.09. The lowest BCUT2D eigenvalue weighted by molar-refractivity contribution is 0.603. The van der Waals surface area contributed by atoms with Crippen LogP contribution in [0.2, 0.25) is 0 Å². The Morgan fingerprint density at radius 1 is 1.33 bits per heavy atom. The van der Waals surface area contributed by atoms with Gasteiger partial charge in [0.25, 0.3) is 0 Å². The highest BCUT2D eigenvalue weighted by atomic mass is 32.2. The molecule has 0 saturated heterocycles. The van der Waals surface area contributed by atoms with Crippen LogP contribution in [0.3, 0.4) is 0 Å². The molecule has 0 fully saturated rings. The van der Waals surface area contributed by atoms with Gasteiger partial charge in [0.05, 0.1) is 5.75 Å². The van der Waals surface area contributed by atoms with E-state index in [0.717, 1.165) is 0 Å². The monoisotopic (exact) mass is 328 g/mol. The van der Waals surface area contributed by atoms with Crippen molar-refractivity contribution in [3.63, 3.8) is 0 Å². The van der Waals surface area contributed by atoms with Gasteiger partial charge < -0.3 is 5.32 Å². The van der Waals surface area contributed by atoms with Crippen molar-refractivity contribution in [2.24, 2.45) is 0 Å². The minimum absolute atomic E-state index is 0.0836. The van der Waals surface area contributed by atoms with E-state index in [-0.39, 0.29) is 5.75 Å². The summed E-state index contributed by atoms with van der Waals surface area (Å²) in [5.41, 5.74) is 0. The Labute approximate surface area is 127 Å². The van der Waals surface area contributed by atoms with E-state index in [1.165, 1.54) is 18.0 Å². The maximum Gasteiger partial charge on any atom is 0.240 e. The average Bonchev–Trinajstić information content (AvgIpc) is 2.91. The minimum Gasteiger partial charge on any atom is -0.354 e. The number of imidazole rings is 1. The molecule has 0 bridgehead atoms. The zero-order chi connectivity index (χ0) is 15.3. The minimum atomic E-state index is -2.99. The molecule has 2 aromatic rings. The van der Waals surface area contributed by atoms with E-state index in [1.807, 2.05) is 6.92 Å². The van der Waals surface area contributed by atoms with E-state index in [4.69, 9.17) is 0 Å². The van der Waals surface area contributed by atoms with Crippen LogP contribution in [0.15, 0.2) is 23.9 Å². The second-order valence-electron chi connectivity index (χ2n) is 4.22. The lowest BCUT2D eigenvalue weighted by atomic mass is 10.7. The summed E-state index contributed by atoms with van der Waals surface area (Å²) in [4.78, 5) is 16.8. The standard InChI is InChI=1S/C11H16N6O2S2/c1-3-13-9-14-10(17-5-4-12-8-17)16-11(15-9)20-6-7-21(2,18)19/h4-5,8H,3,6-7H2,1-2H3,(H,13,14,15,16). The number of nitrogens with zero attached hydrogens (tertiary/aromatic N) is 5. The molecule has 0 amide bonds. The van der Waals surface area contributed by atoms with Crippen LogP contribution in [0.5, 0.6) is 0 Å². The second-order valence-corrected chi connectivity index (χ2v) is 7.54. The van der Waals surface area contributed by atoms with Crippen molar-refractivity contribution in [3.05, 3.63) is 18.7 Å². The quantitative estimate of drug-likeness (QED) is 0.738. The maximum absolute atomic E-state index is 11.2. The molecule has 0 aliphatic rings.